The summed E-state index contributed by atoms with van der Waals surface area (Å²) in [6.07, 6.45) is -2.48. The number of benzene rings is 1. The van der Waals surface area contributed by atoms with E-state index in [1.54, 1.807) is 6.07 Å². The van der Waals surface area contributed by atoms with Gasteiger partial charge in [-0.3, -0.25) is 0 Å². The van der Waals surface area contributed by atoms with Crippen molar-refractivity contribution < 1.29 is 13.9 Å². The molecule has 0 aromatic heterocycles. The molecule has 1 nitrogen and oxygen atoms in total. The van der Waals surface area contributed by atoms with Crippen LogP contribution in [0.25, 0.3) is 5.57 Å². The summed E-state index contributed by atoms with van der Waals surface area (Å²) in [4.78, 5) is 0. The maximum atomic E-state index is 12.2. The summed E-state index contributed by atoms with van der Waals surface area (Å²) in [5.74, 6) is 0. The Balaban J connectivity index is 2.98. The summed E-state index contributed by atoms with van der Waals surface area (Å²) in [5, 5.41) is 8.73. The molecule has 0 atom stereocenters. The number of aliphatic hydroxyl groups excluding tert-OH is 1. The van der Waals surface area contributed by atoms with Crippen LogP contribution in [0, 0.1) is 0 Å². The van der Waals surface area contributed by atoms with Crippen LogP contribution in [0.3, 0.4) is 0 Å². The molecule has 0 saturated carbocycles. The Hall–Kier alpha value is -1.22. The van der Waals surface area contributed by atoms with Crippen LogP contribution >= 0.6 is 0 Å². The third kappa shape index (κ3) is 2.36. The van der Waals surface area contributed by atoms with Crippen LogP contribution in [0.2, 0.25) is 0 Å². The average molecular weight is 184 g/mol. The predicted octanol–water partition coefficient (Wildman–Crippen LogP) is 2.63. The minimum absolute atomic E-state index is 0.0490. The molecule has 0 fully saturated rings. The smallest absolute Gasteiger partial charge is 0.263 e. The molecule has 1 aromatic rings. The highest BCUT2D eigenvalue weighted by Gasteiger charge is 2.07. The molecular weight excluding hydrogens is 174 g/mol. The molecule has 0 bridgehead atoms. The van der Waals surface area contributed by atoms with Crippen molar-refractivity contribution in [3.05, 3.63) is 42.0 Å². The van der Waals surface area contributed by atoms with E-state index in [9.17, 15) is 8.78 Å². The quantitative estimate of drug-likeness (QED) is 0.765. The van der Waals surface area contributed by atoms with Gasteiger partial charge < -0.3 is 5.11 Å². The lowest BCUT2D eigenvalue weighted by Gasteiger charge is -2.04. The van der Waals surface area contributed by atoms with Gasteiger partial charge in [0.05, 0.1) is 6.61 Å². The molecule has 0 aliphatic carbocycles. The van der Waals surface area contributed by atoms with E-state index in [4.69, 9.17) is 5.11 Å². The highest BCUT2D eigenvalue weighted by molar-refractivity contribution is 5.64. The number of rotatable bonds is 3. The third-order valence-electron chi connectivity index (χ3n) is 1.74. The van der Waals surface area contributed by atoms with Crippen molar-refractivity contribution >= 4 is 5.57 Å². The van der Waals surface area contributed by atoms with Crippen LogP contribution < -0.4 is 0 Å². The molecular formula is C10H10F2O. The van der Waals surface area contributed by atoms with Crippen molar-refractivity contribution in [2.24, 2.45) is 0 Å². The maximum absolute atomic E-state index is 12.2. The zero-order chi connectivity index (χ0) is 9.84. The molecule has 0 amide bonds. The van der Waals surface area contributed by atoms with Crippen LogP contribution in [0.1, 0.15) is 17.6 Å². The van der Waals surface area contributed by atoms with Crippen LogP contribution in [-0.2, 0) is 0 Å². The molecule has 70 valence electrons. The topological polar surface area (TPSA) is 20.2 Å². The molecule has 0 spiro atoms. The van der Waals surface area contributed by atoms with Crippen LogP contribution in [-0.4, -0.2) is 11.7 Å². The lowest BCUT2D eigenvalue weighted by molar-refractivity contribution is 0.151. The van der Waals surface area contributed by atoms with Gasteiger partial charge in [-0.15, -0.1) is 0 Å². The number of hydrogen-bond donors (Lipinski definition) is 1. The number of alkyl halides is 2. The van der Waals surface area contributed by atoms with E-state index in [-0.39, 0.29) is 12.2 Å². The van der Waals surface area contributed by atoms with E-state index in [0.29, 0.717) is 11.1 Å². The van der Waals surface area contributed by atoms with Crippen molar-refractivity contribution in [2.75, 3.05) is 6.61 Å². The molecule has 1 aromatic carbocycles. The third-order valence-corrected chi connectivity index (χ3v) is 1.74. The monoisotopic (exact) mass is 184 g/mol. The van der Waals surface area contributed by atoms with E-state index in [1.807, 2.05) is 0 Å². The Morgan fingerprint density at radius 2 is 2.15 bits per heavy atom. The van der Waals surface area contributed by atoms with Gasteiger partial charge >= 0.3 is 0 Å². The number of hydrogen-bond acceptors (Lipinski definition) is 1. The van der Waals surface area contributed by atoms with Crippen molar-refractivity contribution in [3.63, 3.8) is 0 Å². The standard InChI is InChI=1S/C10H10F2O/c1-7(6-13)8-3-2-4-9(5-8)10(11)12/h2-5,10,13H,1,6H2. The molecule has 1 rings (SSSR count). The lowest BCUT2D eigenvalue weighted by Crippen LogP contribution is -1.91. The Kier molecular flexibility index (Phi) is 3.14. The summed E-state index contributed by atoms with van der Waals surface area (Å²) in [6, 6.07) is 5.85. The lowest BCUT2D eigenvalue weighted by atomic mass is 10.1. The van der Waals surface area contributed by atoms with Crippen LogP contribution in [0.4, 0.5) is 8.78 Å². The normalized spacial score (nSPS) is 10.5. The number of aliphatic hydroxyl groups is 1. The second-order valence-corrected chi connectivity index (χ2v) is 2.69. The first-order valence-corrected chi connectivity index (χ1v) is 3.82. The van der Waals surface area contributed by atoms with E-state index in [1.165, 1.54) is 18.2 Å². The number of halogens is 2. The van der Waals surface area contributed by atoms with E-state index in [0.717, 1.165) is 0 Å². The molecule has 13 heavy (non-hydrogen) atoms. The van der Waals surface area contributed by atoms with Crippen molar-refractivity contribution in [3.8, 4) is 0 Å². The Morgan fingerprint density at radius 1 is 1.46 bits per heavy atom. The van der Waals surface area contributed by atoms with Crippen molar-refractivity contribution in [1.29, 1.82) is 0 Å². The van der Waals surface area contributed by atoms with Gasteiger partial charge in [0.25, 0.3) is 6.43 Å². The fourth-order valence-corrected chi connectivity index (χ4v) is 0.986. The molecule has 0 saturated heterocycles. The van der Waals surface area contributed by atoms with Crippen LogP contribution in [0.15, 0.2) is 30.8 Å². The van der Waals surface area contributed by atoms with Crippen molar-refractivity contribution in [2.45, 2.75) is 6.43 Å². The largest absolute Gasteiger partial charge is 0.392 e. The van der Waals surface area contributed by atoms with Gasteiger partial charge in [-0.1, -0.05) is 24.8 Å². The van der Waals surface area contributed by atoms with Crippen molar-refractivity contribution in [1.82, 2.24) is 0 Å². The maximum Gasteiger partial charge on any atom is 0.263 e. The van der Waals surface area contributed by atoms with E-state index in [2.05, 4.69) is 6.58 Å². The zero-order valence-electron chi connectivity index (χ0n) is 7.00. The average Bonchev–Trinajstić information content (AvgIpc) is 2.17. The summed E-state index contributed by atoms with van der Waals surface area (Å²) in [6.45, 7) is 3.33. The van der Waals surface area contributed by atoms with Gasteiger partial charge in [0.15, 0.2) is 0 Å². The van der Waals surface area contributed by atoms with E-state index < -0.39 is 6.43 Å². The molecule has 0 heterocycles. The fraction of sp³-hybridized carbons (Fsp3) is 0.200. The van der Waals surface area contributed by atoms with Gasteiger partial charge in [0.2, 0.25) is 0 Å². The van der Waals surface area contributed by atoms with Gasteiger partial charge in [-0.05, 0) is 17.2 Å². The summed E-state index contributed by atoms with van der Waals surface area (Å²) < 4.78 is 24.4. The minimum Gasteiger partial charge on any atom is -0.392 e. The SMILES string of the molecule is C=C(CO)c1cccc(C(F)F)c1. The molecule has 1 N–H and O–H groups in total. The molecule has 3 heteroatoms. The van der Waals surface area contributed by atoms with Gasteiger partial charge in [0.1, 0.15) is 0 Å². The van der Waals surface area contributed by atoms with Gasteiger partial charge in [0, 0.05) is 5.56 Å². The highest BCUT2D eigenvalue weighted by atomic mass is 19.3. The Bertz CT molecular complexity index is 308. The highest BCUT2D eigenvalue weighted by Crippen LogP contribution is 2.21. The zero-order valence-corrected chi connectivity index (χ0v) is 7.00. The second-order valence-electron chi connectivity index (χ2n) is 2.69. The Morgan fingerprint density at radius 3 is 2.69 bits per heavy atom. The molecule has 0 unspecified atom stereocenters. The fourth-order valence-electron chi connectivity index (χ4n) is 0.986. The first-order valence-electron chi connectivity index (χ1n) is 3.82. The molecule has 0 aliphatic rings. The first kappa shape index (κ1) is 9.86. The Labute approximate surface area is 75.3 Å². The minimum atomic E-state index is -2.48. The van der Waals surface area contributed by atoms with Gasteiger partial charge in [-0.25, -0.2) is 8.78 Å². The second kappa shape index (κ2) is 4.14. The van der Waals surface area contributed by atoms with Crippen LogP contribution in [0.5, 0.6) is 0 Å². The molecule has 0 radical (unpaired) electrons. The van der Waals surface area contributed by atoms with E-state index >= 15 is 0 Å². The summed E-state index contributed by atoms with van der Waals surface area (Å²) >= 11 is 0. The first-order chi connectivity index (χ1) is 6.15. The molecule has 0 aliphatic heterocycles. The summed E-state index contributed by atoms with van der Waals surface area (Å²) in [5.41, 5.74) is 0.954. The predicted molar refractivity (Wildman–Crippen MR) is 47.5 cm³/mol. The summed E-state index contributed by atoms with van der Waals surface area (Å²) in [7, 11) is 0. The van der Waals surface area contributed by atoms with Gasteiger partial charge in [-0.2, -0.15) is 0 Å².